The summed E-state index contributed by atoms with van der Waals surface area (Å²) >= 11 is 0. The van der Waals surface area contributed by atoms with Crippen LogP contribution in [-0.2, 0) is 0 Å². The van der Waals surface area contributed by atoms with E-state index in [-0.39, 0.29) is 5.92 Å². The van der Waals surface area contributed by atoms with Crippen LogP contribution in [0.4, 0.5) is 0 Å². The molecule has 2 aromatic carbocycles. The number of aromatic nitrogens is 2. The number of nitrogens with one attached hydrogen (secondary N) is 1. The smallest absolute Gasteiger partial charge is 0.0565 e. The molecule has 1 aromatic heterocycles. The maximum atomic E-state index is 5.77. The monoisotopic (exact) mass is 276 g/mol. The molecule has 0 aliphatic rings. The van der Waals surface area contributed by atoms with Gasteiger partial charge in [0.05, 0.1) is 6.20 Å². The quantitative estimate of drug-likeness (QED) is 0.750. The van der Waals surface area contributed by atoms with Crippen LogP contribution in [0.2, 0.25) is 0 Å². The first kappa shape index (κ1) is 13.6. The molecule has 1 radical (unpaired) electrons. The third-order valence-electron chi connectivity index (χ3n) is 3.61. The zero-order chi connectivity index (χ0) is 14.5. The SMILES string of the molecule is NC[CH]C(c1ccccc1)c1cccc(-c2cn[nH]c2)c1. The lowest BCUT2D eigenvalue weighted by molar-refractivity contribution is 0.894. The Kier molecular flexibility index (Phi) is 4.12. The maximum absolute atomic E-state index is 5.77. The van der Waals surface area contributed by atoms with Crippen molar-refractivity contribution in [3.8, 4) is 11.1 Å². The average Bonchev–Trinajstić information content (AvgIpc) is 3.08. The summed E-state index contributed by atoms with van der Waals surface area (Å²) in [5.74, 6) is 0.211. The molecule has 0 amide bonds. The van der Waals surface area contributed by atoms with Crippen LogP contribution in [0.25, 0.3) is 11.1 Å². The average molecular weight is 276 g/mol. The Morgan fingerprint density at radius 2 is 1.81 bits per heavy atom. The van der Waals surface area contributed by atoms with Gasteiger partial charge in [-0.3, -0.25) is 5.10 Å². The molecule has 105 valence electrons. The molecule has 0 bridgehead atoms. The van der Waals surface area contributed by atoms with E-state index in [2.05, 4.69) is 65.1 Å². The third kappa shape index (κ3) is 3.03. The van der Waals surface area contributed by atoms with Crippen LogP contribution in [0, 0.1) is 6.42 Å². The van der Waals surface area contributed by atoms with Crippen LogP contribution in [0.15, 0.2) is 67.0 Å². The second-order valence-corrected chi connectivity index (χ2v) is 4.97. The van der Waals surface area contributed by atoms with Crippen LogP contribution in [0.3, 0.4) is 0 Å². The summed E-state index contributed by atoms with van der Waals surface area (Å²) in [6, 6.07) is 19.0. The lowest BCUT2D eigenvalue weighted by Crippen LogP contribution is -2.09. The summed E-state index contributed by atoms with van der Waals surface area (Å²) in [5.41, 5.74) is 10.5. The minimum atomic E-state index is 0.211. The minimum Gasteiger partial charge on any atom is -0.330 e. The Morgan fingerprint density at radius 3 is 2.52 bits per heavy atom. The Morgan fingerprint density at radius 1 is 1.00 bits per heavy atom. The van der Waals surface area contributed by atoms with Crippen molar-refractivity contribution < 1.29 is 0 Å². The van der Waals surface area contributed by atoms with E-state index in [9.17, 15) is 0 Å². The van der Waals surface area contributed by atoms with Gasteiger partial charge in [0.15, 0.2) is 0 Å². The van der Waals surface area contributed by atoms with Crippen molar-refractivity contribution in [3.05, 3.63) is 84.5 Å². The predicted molar refractivity (Wildman–Crippen MR) is 85.7 cm³/mol. The number of nitrogens with zero attached hydrogens (tertiary/aromatic N) is 1. The zero-order valence-electron chi connectivity index (χ0n) is 11.7. The van der Waals surface area contributed by atoms with Crippen LogP contribution >= 0.6 is 0 Å². The Hall–Kier alpha value is -2.39. The van der Waals surface area contributed by atoms with E-state index >= 15 is 0 Å². The number of benzene rings is 2. The number of hydrogen-bond donors (Lipinski definition) is 2. The predicted octanol–water partition coefficient (Wildman–Crippen LogP) is 3.37. The first-order valence-corrected chi connectivity index (χ1v) is 7.06. The molecule has 0 saturated heterocycles. The Balaban J connectivity index is 1.98. The fourth-order valence-corrected chi connectivity index (χ4v) is 2.58. The van der Waals surface area contributed by atoms with Crippen molar-refractivity contribution in [2.75, 3.05) is 6.54 Å². The van der Waals surface area contributed by atoms with Gasteiger partial charge in [-0.25, -0.2) is 0 Å². The first-order chi connectivity index (χ1) is 10.4. The van der Waals surface area contributed by atoms with Gasteiger partial charge in [-0.05, 0) is 29.7 Å². The van der Waals surface area contributed by atoms with E-state index in [4.69, 9.17) is 5.73 Å². The molecule has 1 heterocycles. The van der Waals surface area contributed by atoms with E-state index in [0.717, 1.165) is 11.1 Å². The molecule has 3 rings (SSSR count). The topological polar surface area (TPSA) is 54.7 Å². The standard InChI is InChI=1S/C18H18N3/c19-10-9-18(14-5-2-1-3-6-14)16-8-4-7-15(11-16)17-12-20-21-13-17/h1-9,11-13,18H,10,19H2,(H,20,21). The molecule has 3 N–H and O–H groups in total. The molecule has 3 nitrogen and oxygen atoms in total. The molecule has 0 aliphatic heterocycles. The minimum absolute atomic E-state index is 0.211. The fraction of sp³-hybridized carbons (Fsp3) is 0.111. The number of hydrogen-bond acceptors (Lipinski definition) is 2. The van der Waals surface area contributed by atoms with Crippen LogP contribution in [0.5, 0.6) is 0 Å². The zero-order valence-corrected chi connectivity index (χ0v) is 11.7. The van der Waals surface area contributed by atoms with Gasteiger partial charge in [0.1, 0.15) is 0 Å². The Labute approximate surface area is 124 Å². The summed E-state index contributed by atoms with van der Waals surface area (Å²) in [6.45, 7) is 0.551. The largest absolute Gasteiger partial charge is 0.330 e. The summed E-state index contributed by atoms with van der Waals surface area (Å²) in [7, 11) is 0. The van der Waals surface area contributed by atoms with Gasteiger partial charge in [0, 0.05) is 17.7 Å². The molecular formula is C18H18N3. The first-order valence-electron chi connectivity index (χ1n) is 7.06. The lowest BCUT2D eigenvalue weighted by Gasteiger charge is -2.17. The highest BCUT2D eigenvalue weighted by Gasteiger charge is 2.14. The van der Waals surface area contributed by atoms with Crippen LogP contribution in [0.1, 0.15) is 17.0 Å². The van der Waals surface area contributed by atoms with E-state index in [1.165, 1.54) is 11.1 Å². The molecule has 0 fully saturated rings. The van der Waals surface area contributed by atoms with Gasteiger partial charge in [0.25, 0.3) is 0 Å². The molecule has 1 atom stereocenters. The highest BCUT2D eigenvalue weighted by atomic mass is 15.1. The van der Waals surface area contributed by atoms with Crippen molar-refractivity contribution in [2.45, 2.75) is 5.92 Å². The summed E-state index contributed by atoms with van der Waals surface area (Å²) in [5, 5.41) is 6.87. The van der Waals surface area contributed by atoms with Gasteiger partial charge >= 0.3 is 0 Å². The van der Waals surface area contributed by atoms with Gasteiger partial charge in [-0.1, -0.05) is 54.6 Å². The van der Waals surface area contributed by atoms with Crippen molar-refractivity contribution in [3.63, 3.8) is 0 Å². The summed E-state index contributed by atoms with van der Waals surface area (Å²) in [4.78, 5) is 0. The van der Waals surface area contributed by atoms with Gasteiger partial charge < -0.3 is 5.73 Å². The van der Waals surface area contributed by atoms with E-state index < -0.39 is 0 Å². The molecule has 0 spiro atoms. The van der Waals surface area contributed by atoms with E-state index in [1.807, 2.05) is 18.5 Å². The molecule has 3 aromatic rings. The van der Waals surface area contributed by atoms with Crippen molar-refractivity contribution in [1.29, 1.82) is 0 Å². The van der Waals surface area contributed by atoms with Crippen LogP contribution in [-0.4, -0.2) is 16.7 Å². The van der Waals surface area contributed by atoms with Crippen molar-refractivity contribution in [1.82, 2.24) is 10.2 Å². The van der Waals surface area contributed by atoms with Crippen molar-refractivity contribution >= 4 is 0 Å². The molecular weight excluding hydrogens is 258 g/mol. The van der Waals surface area contributed by atoms with Crippen molar-refractivity contribution in [2.24, 2.45) is 5.73 Å². The highest BCUT2D eigenvalue weighted by Crippen LogP contribution is 2.29. The van der Waals surface area contributed by atoms with E-state index in [1.54, 1.807) is 0 Å². The fourth-order valence-electron chi connectivity index (χ4n) is 2.58. The number of rotatable bonds is 5. The molecule has 3 heteroatoms. The van der Waals surface area contributed by atoms with Gasteiger partial charge in [-0.15, -0.1) is 0 Å². The molecule has 0 saturated carbocycles. The van der Waals surface area contributed by atoms with Crippen LogP contribution < -0.4 is 5.73 Å². The molecule has 1 unspecified atom stereocenters. The molecule has 21 heavy (non-hydrogen) atoms. The van der Waals surface area contributed by atoms with E-state index in [0.29, 0.717) is 6.54 Å². The second kappa shape index (κ2) is 6.37. The number of nitrogens with two attached hydrogens (primary N) is 1. The number of aromatic amines is 1. The summed E-state index contributed by atoms with van der Waals surface area (Å²) in [6.07, 6.45) is 5.89. The normalized spacial score (nSPS) is 12.2. The molecule has 0 aliphatic carbocycles. The lowest BCUT2D eigenvalue weighted by atomic mass is 9.87. The Bertz CT molecular complexity index is 675. The number of H-pyrrole nitrogens is 1. The maximum Gasteiger partial charge on any atom is 0.0565 e. The second-order valence-electron chi connectivity index (χ2n) is 4.97. The van der Waals surface area contributed by atoms with Gasteiger partial charge in [-0.2, -0.15) is 5.10 Å². The van der Waals surface area contributed by atoms with Gasteiger partial charge in [0.2, 0.25) is 0 Å². The summed E-state index contributed by atoms with van der Waals surface area (Å²) < 4.78 is 0. The highest BCUT2D eigenvalue weighted by molar-refractivity contribution is 5.63. The third-order valence-corrected chi connectivity index (χ3v) is 3.61.